The van der Waals surface area contributed by atoms with Crippen LogP contribution in [0.15, 0.2) is 18.2 Å². The van der Waals surface area contributed by atoms with Gasteiger partial charge in [-0.05, 0) is 24.5 Å². The summed E-state index contributed by atoms with van der Waals surface area (Å²) in [6, 6.07) is 5.41. The highest BCUT2D eigenvalue weighted by molar-refractivity contribution is 6.07. The van der Waals surface area contributed by atoms with E-state index in [-0.39, 0.29) is 23.1 Å². The van der Waals surface area contributed by atoms with E-state index in [0.717, 1.165) is 5.69 Å². The standard InChI is InChI=1S/C15H21N3O2/c1-9-6-5-7-11(17-9)18-14(20)12-10(15(2,3)4)8-16-13(12)19/h5-7,10,12H,8H2,1-4H3,(H,16,19)(H,17,18,20)/t10-,12-/m1/s1. The molecule has 5 nitrogen and oxygen atoms in total. The Balaban J connectivity index is 2.17. The van der Waals surface area contributed by atoms with Gasteiger partial charge < -0.3 is 10.6 Å². The van der Waals surface area contributed by atoms with E-state index in [0.29, 0.717) is 12.4 Å². The highest BCUT2D eigenvalue weighted by Crippen LogP contribution is 2.35. The van der Waals surface area contributed by atoms with Crippen LogP contribution in [-0.4, -0.2) is 23.3 Å². The molecule has 1 fully saturated rings. The first kappa shape index (κ1) is 14.5. The van der Waals surface area contributed by atoms with Gasteiger partial charge in [0.1, 0.15) is 11.7 Å². The van der Waals surface area contributed by atoms with Crippen molar-refractivity contribution in [1.82, 2.24) is 10.3 Å². The Kier molecular flexibility index (Phi) is 3.79. The second-order valence-electron chi connectivity index (χ2n) is 6.35. The third-order valence-electron chi connectivity index (χ3n) is 3.72. The van der Waals surface area contributed by atoms with Crippen molar-refractivity contribution in [3.05, 3.63) is 23.9 Å². The molecule has 0 spiro atoms. The van der Waals surface area contributed by atoms with Gasteiger partial charge >= 0.3 is 0 Å². The summed E-state index contributed by atoms with van der Waals surface area (Å²) in [6.45, 7) is 8.53. The number of nitrogens with one attached hydrogen (secondary N) is 2. The van der Waals surface area contributed by atoms with Crippen molar-refractivity contribution >= 4 is 17.6 Å². The lowest BCUT2D eigenvalue weighted by atomic mass is 9.74. The third-order valence-corrected chi connectivity index (χ3v) is 3.72. The molecule has 2 amide bonds. The van der Waals surface area contributed by atoms with Crippen LogP contribution in [-0.2, 0) is 9.59 Å². The lowest BCUT2D eigenvalue weighted by Crippen LogP contribution is -2.37. The molecule has 1 aliphatic heterocycles. The Labute approximate surface area is 119 Å². The van der Waals surface area contributed by atoms with Crippen LogP contribution in [0.25, 0.3) is 0 Å². The number of rotatable bonds is 2. The van der Waals surface area contributed by atoms with Gasteiger partial charge in [0.2, 0.25) is 11.8 Å². The summed E-state index contributed by atoms with van der Waals surface area (Å²) < 4.78 is 0. The number of hydrogen-bond donors (Lipinski definition) is 2. The molecule has 1 saturated heterocycles. The van der Waals surface area contributed by atoms with Gasteiger partial charge in [0.05, 0.1) is 0 Å². The topological polar surface area (TPSA) is 71.1 Å². The van der Waals surface area contributed by atoms with E-state index < -0.39 is 5.92 Å². The van der Waals surface area contributed by atoms with Gasteiger partial charge in [-0.15, -0.1) is 0 Å². The molecule has 2 heterocycles. The van der Waals surface area contributed by atoms with Gasteiger partial charge in [-0.25, -0.2) is 4.98 Å². The minimum atomic E-state index is -0.655. The average Bonchev–Trinajstić information content (AvgIpc) is 2.71. The zero-order valence-electron chi connectivity index (χ0n) is 12.4. The molecule has 0 radical (unpaired) electrons. The van der Waals surface area contributed by atoms with E-state index in [9.17, 15) is 9.59 Å². The van der Waals surface area contributed by atoms with Gasteiger partial charge in [0.25, 0.3) is 0 Å². The van der Waals surface area contributed by atoms with E-state index in [1.807, 2.05) is 39.8 Å². The number of carbonyl (C=O) groups excluding carboxylic acids is 2. The molecule has 0 aliphatic carbocycles. The van der Waals surface area contributed by atoms with Crippen LogP contribution >= 0.6 is 0 Å². The molecule has 0 unspecified atom stereocenters. The Morgan fingerprint density at radius 3 is 2.70 bits per heavy atom. The zero-order valence-corrected chi connectivity index (χ0v) is 12.4. The molecule has 0 saturated carbocycles. The van der Waals surface area contributed by atoms with Gasteiger partial charge in [-0.2, -0.15) is 0 Å². The number of nitrogens with zero attached hydrogens (tertiary/aromatic N) is 1. The Morgan fingerprint density at radius 1 is 1.40 bits per heavy atom. The predicted octanol–water partition coefficient (Wildman–Crippen LogP) is 1.74. The maximum atomic E-state index is 12.4. The lowest BCUT2D eigenvalue weighted by Gasteiger charge is -2.29. The molecule has 1 aromatic heterocycles. The summed E-state index contributed by atoms with van der Waals surface area (Å²) in [6.07, 6.45) is 0. The Hall–Kier alpha value is -1.91. The minimum absolute atomic E-state index is 0.0141. The molecule has 1 aliphatic rings. The molecule has 2 atom stereocenters. The molecule has 0 aromatic carbocycles. The maximum absolute atomic E-state index is 12.4. The van der Waals surface area contributed by atoms with Crippen LogP contribution in [0.3, 0.4) is 0 Å². The van der Waals surface area contributed by atoms with Crippen molar-refractivity contribution in [1.29, 1.82) is 0 Å². The number of hydrogen-bond acceptors (Lipinski definition) is 3. The van der Waals surface area contributed by atoms with E-state index in [2.05, 4.69) is 15.6 Å². The zero-order chi connectivity index (χ0) is 14.9. The molecule has 2 rings (SSSR count). The first-order valence-electron chi connectivity index (χ1n) is 6.81. The molecular weight excluding hydrogens is 254 g/mol. The highest BCUT2D eigenvalue weighted by Gasteiger charge is 2.45. The SMILES string of the molecule is Cc1cccc(NC(=O)[C@H]2C(=O)NC[C@H]2C(C)(C)C)n1. The van der Waals surface area contributed by atoms with Crippen LogP contribution in [0.2, 0.25) is 0 Å². The first-order valence-corrected chi connectivity index (χ1v) is 6.81. The van der Waals surface area contributed by atoms with E-state index in [1.54, 1.807) is 6.07 Å². The van der Waals surface area contributed by atoms with Crippen molar-refractivity contribution in [2.45, 2.75) is 27.7 Å². The summed E-state index contributed by atoms with van der Waals surface area (Å²) in [7, 11) is 0. The van der Waals surface area contributed by atoms with E-state index in [1.165, 1.54) is 0 Å². The minimum Gasteiger partial charge on any atom is -0.355 e. The molecule has 2 N–H and O–H groups in total. The molecule has 1 aromatic rings. The van der Waals surface area contributed by atoms with Gasteiger partial charge in [0.15, 0.2) is 0 Å². The average molecular weight is 275 g/mol. The first-order chi connectivity index (χ1) is 9.29. The van der Waals surface area contributed by atoms with Crippen molar-refractivity contribution < 1.29 is 9.59 Å². The van der Waals surface area contributed by atoms with E-state index >= 15 is 0 Å². The quantitative estimate of drug-likeness (QED) is 0.808. The molecule has 20 heavy (non-hydrogen) atoms. The fourth-order valence-corrected chi connectivity index (χ4v) is 2.55. The van der Waals surface area contributed by atoms with Crippen molar-refractivity contribution in [2.75, 3.05) is 11.9 Å². The molecular formula is C15H21N3O2. The van der Waals surface area contributed by atoms with Crippen molar-refractivity contribution in [3.8, 4) is 0 Å². The fourth-order valence-electron chi connectivity index (χ4n) is 2.55. The molecule has 0 bridgehead atoms. The monoisotopic (exact) mass is 275 g/mol. The number of aromatic nitrogens is 1. The number of aryl methyl sites for hydroxylation is 1. The Bertz CT molecular complexity index is 534. The Morgan fingerprint density at radius 2 is 2.10 bits per heavy atom. The van der Waals surface area contributed by atoms with Crippen LogP contribution in [0, 0.1) is 24.2 Å². The van der Waals surface area contributed by atoms with Crippen molar-refractivity contribution in [2.24, 2.45) is 17.3 Å². The van der Waals surface area contributed by atoms with Crippen LogP contribution in [0.1, 0.15) is 26.5 Å². The highest BCUT2D eigenvalue weighted by atomic mass is 16.2. The second-order valence-corrected chi connectivity index (χ2v) is 6.35. The lowest BCUT2D eigenvalue weighted by molar-refractivity contribution is -0.132. The molecule has 5 heteroatoms. The number of amides is 2. The summed E-state index contributed by atoms with van der Waals surface area (Å²) in [4.78, 5) is 28.6. The molecule has 108 valence electrons. The second kappa shape index (κ2) is 5.23. The van der Waals surface area contributed by atoms with Gasteiger partial charge in [0, 0.05) is 18.2 Å². The van der Waals surface area contributed by atoms with Crippen LogP contribution < -0.4 is 10.6 Å². The summed E-state index contributed by atoms with van der Waals surface area (Å²) in [5.74, 6) is -0.660. The summed E-state index contributed by atoms with van der Waals surface area (Å²) in [5, 5.41) is 5.53. The van der Waals surface area contributed by atoms with Gasteiger partial charge in [-0.3, -0.25) is 9.59 Å². The predicted molar refractivity (Wildman–Crippen MR) is 77.0 cm³/mol. The third kappa shape index (κ3) is 2.98. The normalized spacial score (nSPS) is 22.5. The summed E-state index contributed by atoms with van der Waals surface area (Å²) in [5.41, 5.74) is 0.715. The number of pyridine rings is 1. The van der Waals surface area contributed by atoms with E-state index in [4.69, 9.17) is 0 Å². The number of anilines is 1. The smallest absolute Gasteiger partial charge is 0.238 e. The van der Waals surface area contributed by atoms with Crippen molar-refractivity contribution in [3.63, 3.8) is 0 Å². The van der Waals surface area contributed by atoms with Crippen LogP contribution in [0.4, 0.5) is 5.82 Å². The fraction of sp³-hybridized carbons (Fsp3) is 0.533. The maximum Gasteiger partial charge on any atom is 0.238 e. The number of carbonyl (C=O) groups is 2. The summed E-state index contributed by atoms with van der Waals surface area (Å²) >= 11 is 0. The van der Waals surface area contributed by atoms with Gasteiger partial charge in [-0.1, -0.05) is 26.8 Å². The van der Waals surface area contributed by atoms with Crippen LogP contribution in [0.5, 0.6) is 0 Å². The largest absolute Gasteiger partial charge is 0.355 e.